The molecule has 0 saturated carbocycles. The molecular formula is C24H22F4N4O3S2. The van der Waals surface area contributed by atoms with Gasteiger partial charge in [-0.3, -0.25) is 9.51 Å². The topological polar surface area (TPSA) is 93.0 Å². The molecule has 37 heavy (non-hydrogen) atoms. The number of halogens is 4. The Kier molecular flexibility index (Phi) is 8.67. The Balaban J connectivity index is 1.51. The van der Waals surface area contributed by atoms with E-state index in [0.29, 0.717) is 22.8 Å². The molecule has 0 bridgehead atoms. The van der Waals surface area contributed by atoms with E-state index in [9.17, 15) is 22.4 Å². The second-order valence-electron chi connectivity index (χ2n) is 7.86. The van der Waals surface area contributed by atoms with E-state index in [1.165, 1.54) is 41.7 Å². The van der Waals surface area contributed by atoms with Gasteiger partial charge in [0, 0.05) is 18.2 Å². The van der Waals surface area contributed by atoms with E-state index in [4.69, 9.17) is 4.74 Å². The number of H-pyrrole nitrogens is 1. The minimum absolute atomic E-state index is 0.0347. The van der Waals surface area contributed by atoms with Crippen LogP contribution in [0.1, 0.15) is 22.6 Å². The molecule has 2 N–H and O–H groups in total. The third kappa shape index (κ3) is 6.99. The SMILES string of the molecule is CSCCCNCc1nc(-c2ccc(C(F)(F)F)cc2)sc1COc1ccc(-c2noc(=O)[nH]2)c(F)c1. The van der Waals surface area contributed by atoms with Gasteiger partial charge in [-0.15, -0.1) is 11.3 Å². The predicted molar refractivity (Wildman–Crippen MR) is 134 cm³/mol. The Labute approximate surface area is 217 Å². The Hall–Kier alpha value is -3.16. The number of thioether (sulfide) groups is 1. The number of nitrogens with one attached hydrogen (secondary N) is 2. The monoisotopic (exact) mass is 554 g/mol. The number of hydrogen-bond acceptors (Lipinski definition) is 8. The molecule has 7 nitrogen and oxygen atoms in total. The zero-order chi connectivity index (χ0) is 26.4. The van der Waals surface area contributed by atoms with Crippen molar-refractivity contribution in [1.82, 2.24) is 20.4 Å². The summed E-state index contributed by atoms with van der Waals surface area (Å²) in [4.78, 5) is 18.8. The van der Waals surface area contributed by atoms with Crippen LogP contribution < -0.4 is 15.8 Å². The minimum atomic E-state index is -4.42. The summed E-state index contributed by atoms with van der Waals surface area (Å²) in [5.41, 5.74) is 0.592. The van der Waals surface area contributed by atoms with Crippen molar-refractivity contribution in [3.63, 3.8) is 0 Å². The molecule has 0 radical (unpaired) electrons. The van der Waals surface area contributed by atoms with Crippen LogP contribution in [0, 0.1) is 5.82 Å². The lowest BCUT2D eigenvalue weighted by Gasteiger charge is -2.08. The van der Waals surface area contributed by atoms with Crippen LogP contribution in [0.25, 0.3) is 22.0 Å². The third-order valence-electron chi connectivity index (χ3n) is 5.24. The van der Waals surface area contributed by atoms with Gasteiger partial charge in [0.15, 0.2) is 5.82 Å². The molecule has 0 aliphatic heterocycles. The van der Waals surface area contributed by atoms with Gasteiger partial charge >= 0.3 is 11.9 Å². The number of aromatic nitrogens is 3. The van der Waals surface area contributed by atoms with Crippen LogP contribution in [0.5, 0.6) is 5.75 Å². The Bertz CT molecular complexity index is 1380. The third-order valence-corrected chi connectivity index (χ3v) is 7.05. The summed E-state index contributed by atoms with van der Waals surface area (Å²) in [6.07, 6.45) is -1.40. The first kappa shape index (κ1) is 26.9. The first-order valence-electron chi connectivity index (χ1n) is 11.1. The number of rotatable bonds is 11. The summed E-state index contributed by atoms with van der Waals surface area (Å²) in [6.45, 7) is 1.32. The molecule has 0 fully saturated rings. The smallest absolute Gasteiger partial charge is 0.439 e. The highest BCUT2D eigenvalue weighted by atomic mass is 32.2. The molecule has 196 valence electrons. The van der Waals surface area contributed by atoms with E-state index in [0.717, 1.165) is 35.7 Å². The first-order valence-corrected chi connectivity index (χ1v) is 13.3. The number of benzene rings is 2. The minimum Gasteiger partial charge on any atom is -0.488 e. The zero-order valence-electron chi connectivity index (χ0n) is 19.5. The van der Waals surface area contributed by atoms with Crippen molar-refractivity contribution in [1.29, 1.82) is 0 Å². The summed E-state index contributed by atoms with van der Waals surface area (Å²) in [5, 5.41) is 7.37. The molecule has 4 aromatic rings. The summed E-state index contributed by atoms with van der Waals surface area (Å²) in [7, 11) is 0. The predicted octanol–water partition coefficient (Wildman–Crippen LogP) is 5.73. The van der Waals surface area contributed by atoms with E-state index >= 15 is 0 Å². The molecular weight excluding hydrogens is 532 g/mol. The van der Waals surface area contributed by atoms with Gasteiger partial charge in [-0.25, -0.2) is 14.2 Å². The number of alkyl halides is 3. The van der Waals surface area contributed by atoms with Gasteiger partial charge in [-0.2, -0.15) is 24.9 Å². The molecule has 0 spiro atoms. The van der Waals surface area contributed by atoms with Gasteiger partial charge in [-0.1, -0.05) is 17.3 Å². The van der Waals surface area contributed by atoms with Crippen LogP contribution in [0.15, 0.2) is 51.8 Å². The van der Waals surface area contributed by atoms with Crippen molar-refractivity contribution in [3.8, 4) is 27.7 Å². The Morgan fingerprint density at radius 3 is 2.62 bits per heavy atom. The highest BCUT2D eigenvalue weighted by Crippen LogP contribution is 2.34. The lowest BCUT2D eigenvalue weighted by molar-refractivity contribution is -0.137. The molecule has 2 heterocycles. The van der Waals surface area contributed by atoms with Crippen molar-refractivity contribution in [2.45, 2.75) is 25.7 Å². The van der Waals surface area contributed by atoms with E-state index < -0.39 is 23.3 Å². The van der Waals surface area contributed by atoms with Gasteiger partial charge in [0.05, 0.1) is 21.7 Å². The van der Waals surface area contributed by atoms with Crippen LogP contribution in [0.3, 0.4) is 0 Å². The zero-order valence-corrected chi connectivity index (χ0v) is 21.2. The van der Waals surface area contributed by atoms with Crippen LogP contribution in [-0.4, -0.2) is 33.7 Å². The average Bonchev–Trinajstić information content (AvgIpc) is 3.48. The van der Waals surface area contributed by atoms with Crippen molar-refractivity contribution in [2.75, 3.05) is 18.6 Å². The quantitative estimate of drug-likeness (QED) is 0.181. The summed E-state index contributed by atoms with van der Waals surface area (Å²) in [6, 6.07) is 8.95. The van der Waals surface area contributed by atoms with E-state index in [2.05, 4.69) is 25.0 Å². The normalized spacial score (nSPS) is 11.7. The van der Waals surface area contributed by atoms with Gasteiger partial charge in [0.25, 0.3) is 0 Å². The second kappa shape index (κ2) is 11.9. The molecule has 0 amide bonds. The van der Waals surface area contributed by atoms with Crippen LogP contribution in [-0.2, 0) is 19.3 Å². The van der Waals surface area contributed by atoms with Crippen LogP contribution >= 0.6 is 23.1 Å². The highest BCUT2D eigenvalue weighted by molar-refractivity contribution is 7.98. The van der Waals surface area contributed by atoms with Gasteiger partial charge in [0.2, 0.25) is 0 Å². The highest BCUT2D eigenvalue weighted by Gasteiger charge is 2.30. The number of nitrogens with zero attached hydrogens (tertiary/aromatic N) is 2. The van der Waals surface area contributed by atoms with Crippen LogP contribution in [0.2, 0.25) is 0 Å². The fourth-order valence-corrected chi connectivity index (χ4v) is 4.81. The Morgan fingerprint density at radius 1 is 1.19 bits per heavy atom. The van der Waals surface area contributed by atoms with Crippen molar-refractivity contribution in [2.24, 2.45) is 0 Å². The lowest BCUT2D eigenvalue weighted by atomic mass is 10.1. The van der Waals surface area contributed by atoms with E-state index in [1.54, 1.807) is 11.8 Å². The van der Waals surface area contributed by atoms with E-state index in [1.807, 2.05) is 6.26 Å². The standard InChI is InChI=1S/C24H22F4N4O3S2/c1-36-10-2-9-29-12-19-20(37-22(30-19)14-3-5-15(6-4-14)24(26,27)28)13-34-16-7-8-17(18(25)11-16)21-31-23(33)35-32-21/h3-8,11,29H,2,9-10,12-13H2,1H3,(H,31,32,33). The summed E-state index contributed by atoms with van der Waals surface area (Å²) < 4.78 is 63.6. The van der Waals surface area contributed by atoms with E-state index in [-0.39, 0.29) is 23.7 Å². The van der Waals surface area contributed by atoms with Gasteiger partial charge in [0.1, 0.15) is 23.2 Å². The number of aromatic amines is 1. The van der Waals surface area contributed by atoms with Crippen molar-refractivity contribution >= 4 is 23.1 Å². The van der Waals surface area contributed by atoms with Gasteiger partial charge < -0.3 is 10.1 Å². The fraction of sp³-hybridized carbons (Fsp3) is 0.292. The molecule has 0 unspecified atom stereocenters. The molecule has 2 aromatic carbocycles. The van der Waals surface area contributed by atoms with Crippen LogP contribution in [0.4, 0.5) is 17.6 Å². The fourth-order valence-electron chi connectivity index (χ4n) is 3.38. The summed E-state index contributed by atoms with van der Waals surface area (Å²) in [5.74, 6) is -0.227. The average molecular weight is 555 g/mol. The molecule has 13 heteroatoms. The second-order valence-corrected chi connectivity index (χ2v) is 9.93. The largest absolute Gasteiger partial charge is 0.488 e. The van der Waals surface area contributed by atoms with Crippen molar-refractivity contribution in [3.05, 3.63) is 75.0 Å². The number of hydrogen-bond donors (Lipinski definition) is 2. The number of ether oxygens (including phenoxy) is 1. The molecule has 0 saturated heterocycles. The molecule has 4 rings (SSSR count). The molecule has 0 aliphatic carbocycles. The molecule has 2 aromatic heterocycles. The first-order chi connectivity index (χ1) is 17.7. The maximum absolute atomic E-state index is 14.6. The number of thiazole rings is 1. The Morgan fingerprint density at radius 2 is 1.97 bits per heavy atom. The summed E-state index contributed by atoms with van der Waals surface area (Å²) >= 11 is 3.06. The maximum atomic E-state index is 14.6. The lowest BCUT2D eigenvalue weighted by Crippen LogP contribution is -2.16. The van der Waals surface area contributed by atoms with Gasteiger partial charge in [-0.05, 0) is 49.2 Å². The van der Waals surface area contributed by atoms with Crippen molar-refractivity contribution < 1.29 is 26.8 Å². The maximum Gasteiger partial charge on any atom is 0.439 e. The molecule has 0 atom stereocenters. The molecule has 0 aliphatic rings.